The number of amides is 2. The lowest BCUT2D eigenvalue weighted by Gasteiger charge is -2.32. The molecule has 0 saturated carbocycles. The van der Waals surface area contributed by atoms with E-state index in [4.69, 9.17) is 9.31 Å². The molecule has 1 aliphatic rings. The number of fused-ring (bicyclic) bond motifs is 1. The summed E-state index contributed by atoms with van der Waals surface area (Å²) < 4.78 is 51.2. The van der Waals surface area contributed by atoms with Crippen LogP contribution in [0.25, 0.3) is 10.8 Å². The van der Waals surface area contributed by atoms with Crippen molar-refractivity contribution < 1.29 is 27.3 Å². The summed E-state index contributed by atoms with van der Waals surface area (Å²) in [6.45, 7) is 7.90. The minimum atomic E-state index is -4.49. The minimum absolute atomic E-state index is 0.0421. The van der Waals surface area contributed by atoms with Crippen LogP contribution in [0.1, 0.15) is 33.3 Å². The zero-order valence-corrected chi connectivity index (χ0v) is 18.7. The van der Waals surface area contributed by atoms with Crippen LogP contribution in [0.2, 0.25) is 0 Å². The Labute approximate surface area is 190 Å². The van der Waals surface area contributed by atoms with E-state index >= 15 is 0 Å². The smallest absolute Gasteiger partial charge is 0.399 e. The summed E-state index contributed by atoms with van der Waals surface area (Å²) in [7, 11) is -0.576. The Morgan fingerprint density at radius 2 is 1.48 bits per heavy atom. The molecule has 3 aromatic rings. The Kier molecular flexibility index (Phi) is 5.66. The Morgan fingerprint density at radius 1 is 0.848 bits per heavy atom. The first kappa shape index (κ1) is 23.1. The number of carbonyl (C=O) groups excluding carboxylic acids is 1. The molecule has 0 unspecified atom stereocenters. The summed E-state index contributed by atoms with van der Waals surface area (Å²) >= 11 is 0. The lowest BCUT2D eigenvalue weighted by atomic mass is 9.76. The van der Waals surface area contributed by atoms with Crippen LogP contribution in [0.5, 0.6) is 0 Å². The fourth-order valence-corrected chi connectivity index (χ4v) is 3.66. The van der Waals surface area contributed by atoms with Crippen molar-refractivity contribution in [2.24, 2.45) is 0 Å². The van der Waals surface area contributed by atoms with Gasteiger partial charge in [-0.3, -0.25) is 0 Å². The Bertz CT molecular complexity index is 1200. The number of hydrogen-bond donors (Lipinski definition) is 2. The average molecular weight is 456 g/mol. The lowest BCUT2D eigenvalue weighted by molar-refractivity contribution is -0.137. The van der Waals surface area contributed by atoms with E-state index in [0.29, 0.717) is 5.69 Å². The van der Waals surface area contributed by atoms with E-state index in [-0.39, 0.29) is 5.69 Å². The van der Waals surface area contributed by atoms with Gasteiger partial charge >= 0.3 is 19.3 Å². The first-order chi connectivity index (χ1) is 15.4. The summed E-state index contributed by atoms with van der Waals surface area (Å²) in [5, 5.41) is 6.78. The molecule has 5 nitrogen and oxygen atoms in total. The van der Waals surface area contributed by atoms with Gasteiger partial charge in [0.1, 0.15) is 0 Å². The SMILES string of the molecule is CC1(C)OB(c2ccc(NC(=O)Nc3cccc(C(F)(F)F)c3)c3ccccc23)OC1(C)C. The summed E-state index contributed by atoms with van der Waals surface area (Å²) in [6, 6.07) is 14.9. The number of alkyl halides is 3. The second-order valence-corrected chi connectivity index (χ2v) is 8.99. The van der Waals surface area contributed by atoms with Gasteiger partial charge in [-0.05, 0) is 62.8 Å². The Hall–Kier alpha value is -3.04. The van der Waals surface area contributed by atoms with Crippen LogP contribution in [0.3, 0.4) is 0 Å². The van der Waals surface area contributed by atoms with Gasteiger partial charge in [0.15, 0.2) is 0 Å². The fraction of sp³-hybridized carbons (Fsp3) is 0.292. The van der Waals surface area contributed by atoms with E-state index in [1.807, 2.05) is 58.0 Å². The van der Waals surface area contributed by atoms with Crippen LogP contribution in [0, 0.1) is 0 Å². The van der Waals surface area contributed by atoms with Gasteiger partial charge in [-0.1, -0.05) is 36.4 Å². The second kappa shape index (κ2) is 8.07. The molecule has 1 saturated heterocycles. The largest absolute Gasteiger partial charge is 0.495 e. The van der Waals surface area contributed by atoms with Crippen molar-refractivity contribution in [1.82, 2.24) is 0 Å². The number of anilines is 2. The van der Waals surface area contributed by atoms with Crippen LogP contribution in [0.15, 0.2) is 60.7 Å². The predicted octanol–water partition coefficient (Wildman–Crippen LogP) is 5.80. The van der Waals surface area contributed by atoms with Gasteiger partial charge in [-0.2, -0.15) is 13.2 Å². The molecule has 0 spiro atoms. The van der Waals surface area contributed by atoms with Gasteiger partial charge < -0.3 is 19.9 Å². The molecule has 2 N–H and O–H groups in total. The third-order valence-electron chi connectivity index (χ3n) is 6.16. The van der Waals surface area contributed by atoms with Crippen molar-refractivity contribution in [3.63, 3.8) is 0 Å². The lowest BCUT2D eigenvalue weighted by Crippen LogP contribution is -2.41. The molecule has 1 aliphatic heterocycles. The van der Waals surface area contributed by atoms with Crippen molar-refractivity contribution in [2.45, 2.75) is 45.1 Å². The van der Waals surface area contributed by atoms with Gasteiger partial charge in [0.2, 0.25) is 0 Å². The number of carbonyl (C=O) groups is 1. The third kappa shape index (κ3) is 4.56. The van der Waals surface area contributed by atoms with Crippen LogP contribution in [0.4, 0.5) is 29.3 Å². The van der Waals surface area contributed by atoms with Crippen molar-refractivity contribution in [2.75, 3.05) is 10.6 Å². The molecule has 0 radical (unpaired) electrons. The van der Waals surface area contributed by atoms with Gasteiger partial charge in [0.25, 0.3) is 0 Å². The van der Waals surface area contributed by atoms with Crippen LogP contribution >= 0.6 is 0 Å². The predicted molar refractivity (Wildman–Crippen MR) is 124 cm³/mol. The fourth-order valence-electron chi connectivity index (χ4n) is 3.66. The summed E-state index contributed by atoms with van der Waals surface area (Å²) in [5.74, 6) is 0. The Balaban J connectivity index is 1.59. The minimum Gasteiger partial charge on any atom is -0.399 e. The number of rotatable bonds is 3. The van der Waals surface area contributed by atoms with Crippen molar-refractivity contribution >= 4 is 40.8 Å². The summed E-state index contributed by atoms with van der Waals surface area (Å²) in [6.07, 6.45) is -4.49. The van der Waals surface area contributed by atoms with Crippen LogP contribution < -0.4 is 16.1 Å². The molecule has 4 rings (SSSR count). The molecule has 0 atom stereocenters. The van der Waals surface area contributed by atoms with Gasteiger partial charge in [-0.15, -0.1) is 0 Å². The number of halogens is 3. The maximum atomic E-state index is 12.9. The van der Waals surface area contributed by atoms with E-state index in [1.54, 1.807) is 6.07 Å². The highest BCUT2D eigenvalue weighted by Gasteiger charge is 2.52. The standard InChI is InChI=1S/C24H24BF3N2O3/c1-22(2)23(3,4)33-25(32-22)19-12-13-20(18-11-6-5-10-17(18)19)30-21(31)29-16-9-7-8-15(14-16)24(26,27)28/h5-14H,1-4H3,(H2,29,30,31). The van der Waals surface area contributed by atoms with Crippen LogP contribution in [-0.4, -0.2) is 24.4 Å². The van der Waals surface area contributed by atoms with Gasteiger partial charge in [-0.25, -0.2) is 4.79 Å². The second-order valence-electron chi connectivity index (χ2n) is 8.99. The van der Waals surface area contributed by atoms with Gasteiger partial charge in [0, 0.05) is 11.1 Å². The maximum absolute atomic E-state index is 12.9. The zero-order chi connectivity index (χ0) is 24.0. The van der Waals surface area contributed by atoms with E-state index < -0.39 is 36.1 Å². The molecule has 33 heavy (non-hydrogen) atoms. The molecule has 1 heterocycles. The number of hydrogen-bond acceptors (Lipinski definition) is 3. The maximum Gasteiger partial charge on any atom is 0.495 e. The number of urea groups is 1. The number of benzene rings is 3. The highest BCUT2D eigenvalue weighted by Crippen LogP contribution is 2.37. The monoisotopic (exact) mass is 456 g/mol. The molecule has 1 fully saturated rings. The molecular weight excluding hydrogens is 432 g/mol. The molecule has 2 amide bonds. The van der Waals surface area contributed by atoms with Crippen molar-refractivity contribution in [3.05, 3.63) is 66.2 Å². The molecule has 3 aromatic carbocycles. The first-order valence-corrected chi connectivity index (χ1v) is 10.5. The van der Waals surface area contributed by atoms with Crippen molar-refractivity contribution in [1.29, 1.82) is 0 Å². The highest BCUT2D eigenvalue weighted by molar-refractivity contribution is 6.65. The van der Waals surface area contributed by atoms with Crippen LogP contribution in [-0.2, 0) is 15.5 Å². The zero-order valence-electron chi connectivity index (χ0n) is 18.7. The van der Waals surface area contributed by atoms with E-state index in [0.717, 1.165) is 28.4 Å². The van der Waals surface area contributed by atoms with E-state index in [1.165, 1.54) is 12.1 Å². The molecular formula is C24H24BF3N2O3. The third-order valence-corrected chi connectivity index (χ3v) is 6.16. The molecule has 0 aromatic heterocycles. The van der Waals surface area contributed by atoms with Gasteiger partial charge in [0.05, 0.1) is 22.5 Å². The topological polar surface area (TPSA) is 59.6 Å². The van der Waals surface area contributed by atoms with Crippen molar-refractivity contribution in [3.8, 4) is 0 Å². The van der Waals surface area contributed by atoms with E-state index in [9.17, 15) is 18.0 Å². The number of nitrogens with one attached hydrogen (secondary N) is 2. The Morgan fingerprint density at radius 3 is 2.12 bits per heavy atom. The normalized spacial score (nSPS) is 17.2. The summed E-state index contributed by atoms with van der Waals surface area (Å²) in [4.78, 5) is 12.5. The summed E-state index contributed by atoms with van der Waals surface area (Å²) in [5.41, 5.74) is -0.456. The molecule has 0 bridgehead atoms. The first-order valence-electron chi connectivity index (χ1n) is 10.5. The average Bonchev–Trinajstić information content (AvgIpc) is 2.94. The molecule has 9 heteroatoms. The highest BCUT2D eigenvalue weighted by atomic mass is 19.4. The van der Waals surface area contributed by atoms with E-state index in [2.05, 4.69) is 10.6 Å². The molecule has 0 aliphatic carbocycles. The molecule has 172 valence electrons. The quantitative estimate of drug-likeness (QED) is 0.490.